The molecule has 14 heavy (non-hydrogen) atoms. The molecule has 0 bridgehead atoms. The van der Waals surface area contributed by atoms with E-state index in [1.54, 1.807) is 0 Å². The maximum absolute atomic E-state index is 2.62. The molecule has 1 radical (unpaired) electrons. The summed E-state index contributed by atoms with van der Waals surface area (Å²) in [6.45, 7) is 2.29. The van der Waals surface area contributed by atoms with Crippen molar-refractivity contribution in [3.8, 4) is 0 Å². The van der Waals surface area contributed by atoms with Crippen molar-refractivity contribution < 1.29 is 0 Å². The van der Waals surface area contributed by atoms with Crippen LogP contribution in [-0.4, -0.2) is 0 Å². The van der Waals surface area contributed by atoms with Crippen molar-refractivity contribution in [2.75, 3.05) is 0 Å². The minimum absolute atomic E-state index is 0.981. The Labute approximate surface area is 90.5 Å². The van der Waals surface area contributed by atoms with Crippen LogP contribution in [0.25, 0.3) is 0 Å². The maximum Gasteiger partial charge on any atom is -0.0355 e. The van der Waals surface area contributed by atoms with Crippen molar-refractivity contribution in [3.05, 3.63) is 6.42 Å². The van der Waals surface area contributed by atoms with Crippen LogP contribution in [0.4, 0.5) is 0 Å². The molecule has 0 N–H and O–H groups in total. The molecule has 1 rings (SSSR count). The van der Waals surface area contributed by atoms with Crippen LogP contribution >= 0.6 is 0 Å². The van der Waals surface area contributed by atoms with Gasteiger partial charge in [0.15, 0.2) is 0 Å². The van der Waals surface area contributed by atoms with Gasteiger partial charge in [0.2, 0.25) is 0 Å². The predicted molar refractivity (Wildman–Crippen MR) is 64.3 cm³/mol. The van der Waals surface area contributed by atoms with Crippen molar-refractivity contribution in [1.82, 2.24) is 0 Å². The molecule has 0 heterocycles. The van der Waals surface area contributed by atoms with Crippen LogP contribution in [0, 0.1) is 12.3 Å². The Morgan fingerprint density at radius 3 is 2.36 bits per heavy atom. The van der Waals surface area contributed by atoms with Crippen molar-refractivity contribution in [2.45, 2.75) is 77.6 Å². The Hall–Kier alpha value is 0. The molecule has 0 amide bonds. The van der Waals surface area contributed by atoms with E-state index in [0.29, 0.717) is 0 Å². The summed E-state index contributed by atoms with van der Waals surface area (Å²) in [5.74, 6) is 0.981. The first kappa shape index (κ1) is 12.1. The number of hydrogen-bond acceptors (Lipinski definition) is 0. The fraction of sp³-hybridized carbons (Fsp3) is 0.929. The van der Waals surface area contributed by atoms with Gasteiger partial charge < -0.3 is 0 Å². The fourth-order valence-electron chi connectivity index (χ4n) is 2.47. The van der Waals surface area contributed by atoms with E-state index in [-0.39, 0.29) is 0 Å². The van der Waals surface area contributed by atoms with E-state index in [1.165, 1.54) is 70.6 Å². The molecular formula is C14H27. The maximum atomic E-state index is 2.62. The zero-order valence-electron chi connectivity index (χ0n) is 9.93. The summed E-state index contributed by atoms with van der Waals surface area (Å²) in [4.78, 5) is 0. The highest BCUT2D eigenvalue weighted by Crippen LogP contribution is 2.27. The highest BCUT2D eigenvalue weighted by atomic mass is 14.2. The van der Waals surface area contributed by atoms with E-state index in [4.69, 9.17) is 0 Å². The van der Waals surface area contributed by atoms with Gasteiger partial charge in [-0.25, -0.2) is 0 Å². The minimum Gasteiger partial charge on any atom is -0.0654 e. The Morgan fingerprint density at radius 2 is 1.64 bits per heavy atom. The standard InChI is InChI=1S/C14H27/c1-2-3-4-5-6-8-11-14-12-9-7-10-13-14/h11,14H,2-10,12-13H2,1H3. The first-order chi connectivity index (χ1) is 6.93. The lowest BCUT2D eigenvalue weighted by atomic mass is 9.85. The second kappa shape index (κ2) is 8.32. The molecule has 0 heteroatoms. The van der Waals surface area contributed by atoms with E-state index in [0.717, 1.165) is 5.92 Å². The van der Waals surface area contributed by atoms with E-state index in [1.807, 2.05) is 0 Å². The summed E-state index contributed by atoms with van der Waals surface area (Å²) in [5.41, 5.74) is 0. The Kier molecular flexibility index (Phi) is 7.17. The molecule has 1 saturated carbocycles. The summed E-state index contributed by atoms with van der Waals surface area (Å²) in [5, 5.41) is 0. The molecular weight excluding hydrogens is 168 g/mol. The van der Waals surface area contributed by atoms with Crippen LogP contribution in [0.3, 0.4) is 0 Å². The second-order valence-corrected chi connectivity index (χ2v) is 4.84. The molecule has 1 fully saturated rings. The lowest BCUT2D eigenvalue weighted by Gasteiger charge is -2.20. The second-order valence-electron chi connectivity index (χ2n) is 4.84. The topological polar surface area (TPSA) is 0 Å². The highest BCUT2D eigenvalue weighted by molar-refractivity contribution is 4.78. The zero-order chi connectivity index (χ0) is 10.1. The minimum atomic E-state index is 0.981. The quantitative estimate of drug-likeness (QED) is 0.494. The predicted octanol–water partition coefficient (Wildman–Crippen LogP) is 5.13. The molecule has 83 valence electrons. The van der Waals surface area contributed by atoms with Crippen molar-refractivity contribution in [2.24, 2.45) is 5.92 Å². The summed E-state index contributed by atoms with van der Waals surface area (Å²) >= 11 is 0. The van der Waals surface area contributed by atoms with Crippen LogP contribution in [0.5, 0.6) is 0 Å². The molecule has 0 unspecified atom stereocenters. The van der Waals surface area contributed by atoms with Gasteiger partial charge in [-0.3, -0.25) is 0 Å². The van der Waals surface area contributed by atoms with Gasteiger partial charge in [-0.1, -0.05) is 71.1 Å². The normalized spacial score (nSPS) is 18.6. The number of unbranched alkanes of at least 4 members (excludes halogenated alkanes) is 5. The summed E-state index contributed by atoms with van der Waals surface area (Å²) in [6, 6.07) is 0. The molecule has 0 aliphatic heterocycles. The van der Waals surface area contributed by atoms with Gasteiger partial charge in [-0.05, 0) is 18.8 Å². The van der Waals surface area contributed by atoms with E-state index >= 15 is 0 Å². The van der Waals surface area contributed by atoms with Crippen molar-refractivity contribution in [1.29, 1.82) is 0 Å². The SMILES string of the molecule is CCCCCCC[CH]C1CCCCC1. The third-order valence-electron chi connectivity index (χ3n) is 3.46. The molecule has 0 atom stereocenters. The summed E-state index contributed by atoms with van der Waals surface area (Å²) in [7, 11) is 0. The average Bonchev–Trinajstić information content (AvgIpc) is 2.25. The van der Waals surface area contributed by atoms with Gasteiger partial charge in [0.25, 0.3) is 0 Å². The Balaban J connectivity index is 1.82. The Bertz CT molecular complexity index is 111. The van der Waals surface area contributed by atoms with Crippen LogP contribution in [0.1, 0.15) is 77.6 Å². The molecule has 0 aromatic rings. The van der Waals surface area contributed by atoms with E-state index in [2.05, 4.69) is 13.3 Å². The molecule has 0 aromatic carbocycles. The molecule has 0 aromatic heterocycles. The van der Waals surface area contributed by atoms with Gasteiger partial charge >= 0.3 is 0 Å². The number of hydrogen-bond donors (Lipinski definition) is 0. The van der Waals surface area contributed by atoms with Crippen LogP contribution in [0.15, 0.2) is 0 Å². The smallest absolute Gasteiger partial charge is 0.0355 e. The molecule has 1 aliphatic carbocycles. The average molecular weight is 195 g/mol. The van der Waals surface area contributed by atoms with Crippen LogP contribution in [-0.2, 0) is 0 Å². The lowest BCUT2D eigenvalue weighted by molar-refractivity contribution is 0.387. The Morgan fingerprint density at radius 1 is 0.929 bits per heavy atom. The first-order valence-corrected chi connectivity index (χ1v) is 6.77. The van der Waals surface area contributed by atoms with E-state index in [9.17, 15) is 0 Å². The van der Waals surface area contributed by atoms with Gasteiger partial charge in [-0.15, -0.1) is 0 Å². The monoisotopic (exact) mass is 195 g/mol. The van der Waals surface area contributed by atoms with Gasteiger partial charge in [-0.2, -0.15) is 0 Å². The molecule has 0 spiro atoms. The third-order valence-corrected chi connectivity index (χ3v) is 3.46. The first-order valence-electron chi connectivity index (χ1n) is 6.77. The van der Waals surface area contributed by atoms with Crippen molar-refractivity contribution >= 4 is 0 Å². The van der Waals surface area contributed by atoms with Gasteiger partial charge in [0, 0.05) is 0 Å². The summed E-state index contributed by atoms with van der Waals surface area (Å²) < 4.78 is 0. The molecule has 0 saturated heterocycles. The van der Waals surface area contributed by atoms with Gasteiger partial charge in [0.05, 0.1) is 0 Å². The van der Waals surface area contributed by atoms with Crippen LogP contribution < -0.4 is 0 Å². The lowest BCUT2D eigenvalue weighted by Crippen LogP contribution is -2.06. The largest absolute Gasteiger partial charge is 0.0654 e. The summed E-state index contributed by atoms with van der Waals surface area (Å²) in [6.07, 6.45) is 18.6. The molecule has 0 nitrogen and oxygen atoms in total. The van der Waals surface area contributed by atoms with Crippen LogP contribution in [0.2, 0.25) is 0 Å². The van der Waals surface area contributed by atoms with E-state index < -0.39 is 0 Å². The fourth-order valence-corrected chi connectivity index (χ4v) is 2.47. The molecule has 1 aliphatic rings. The number of rotatable bonds is 7. The van der Waals surface area contributed by atoms with Crippen molar-refractivity contribution in [3.63, 3.8) is 0 Å². The highest BCUT2D eigenvalue weighted by Gasteiger charge is 2.12. The zero-order valence-corrected chi connectivity index (χ0v) is 9.93. The van der Waals surface area contributed by atoms with Gasteiger partial charge in [0.1, 0.15) is 0 Å². The third kappa shape index (κ3) is 5.67.